The standard InChI is InChI=1S/C19H26F3N7O/c1-10(25-8-11-6-18(11,3)15(24)30)13(7-23)27-16-26-9-12(19(20,21)22)14(28-16)29-17(2)4-5-17/h7,9,11H,4-6,8,23H2,1-3H3,(H2,24,30)(H2,26,27,28,29)/b13-7+,25-10?/t11-,18-/m1/s1. The summed E-state index contributed by atoms with van der Waals surface area (Å²) in [7, 11) is 0. The highest BCUT2D eigenvalue weighted by Gasteiger charge is 2.54. The molecule has 0 saturated heterocycles. The van der Waals surface area contributed by atoms with Crippen molar-refractivity contribution in [2.75, 3.05) is 17.2 Å². The third-order valence-corrected chi connectivity index (χ3v) is 5.84. The van der Waals surface area contributed by atoms with Crippen LogP contribution in [-0.4, -0.2) is 33.7 Å². The van der Waals surface area contributed by atoms with Gasteiger partial charge < -0.3 is 22.1 Å². The van der Waals surface area contributed by atoms with Gasteiger partial charge in [-0.2, -0.15) is 18.2 Å². The molecule has 2 aliphatic carbocycles. The summed E-state index contributed by atoms with van der Waals surface area (Å²) < 4.78 is 39.9. The number of allylic oxidation sites excluding steroid dienone is 1. The molecule has 0 aromatic carbocycles. The van der Waals surface area contributed by atoms with E-state index >= 15 is 0 Å². The van der Waals surface area contributed by atoms with Crippen molar-refractivity contribution in [1.29, 1.82) is 0 Å². The molecule has 8 nitrogen and oxygen atoms in total. The summed E-state index contributed by atoms with van der Waals surface area (Å²) in [5.41, 5.74) is 10.1. The Labute approximate surface area is 172 Å². The summed E-state index contributed by atoms with van der Waals surface area (Å²) in [4.78, 5) is 23.7. The number of nitrogens with one attached hydrogen (secondary N) is 2. The van der Waals surface area contributed by atoms with Gasteiger partial charge in [0.1, 0.15) is 11.4 Å². The summed E-state index contributed by atoms with van der Waals surface area (Å²) in [5.74, 6) is -0.604. The molecule has 0 unspecified atom stereocenters. The van der Waals surface area contributed by atoms with Crippen LogP contribution in [0.5, 0.6) is 0 Å². The molecular formula is C19H26F3N7O. The van der Waals surface area contributed by atoms with E-state index < -0.39 is 22.7 Å². The number of hydrogen-bond acceptors (Lipinski definition) is 7. The Balaban J connectivity index is 1.74. The van der Waals surface area contributed by atoms with Crippen molar-refractivity contribution < 1.29 is 18.0 Å². The Hall–Kier alpha value is -2.85. The first-order valence-corrected chi connectivity index (χ1v) is 9.61. The van der Waals surface area contributed by atoms with Crippen molar-refractivity contribution in [3.8, 4) is 0 Å². The second kappa shape index (κ2) is 7.44. The lowest BCUT2D eigenvalue weighted by molar-refractivity contribution is -0.137. The van der Waals surface area contributed by atoms with Gasteiger partial charge in [-0.1, -0.05) is 6.92 Å². The molecule has 1 aromatic heterocycles. The Morgan fingerprint density at radius 1 is 1.40 bits per heavy atom. The first-order chi connectivity index (χ1) is 13.9. The second-order valence-corrected chi connectivity index (χ2v) is 8.45. The Kier molecular flexibility index (Phi) is 5.42. The normalized spacial score (nSPS) is 25.6. The minimum absolute atomic E-state index is 0.0330. The molecule has 2 aliphatic rings. The van der Waals surface area contributed by atoms with E-state index in [-0.39, 0.29) is 23.6 Å². The first-order valence-electron chi connectivity index (χ1n) is 9.61. The van der Waals surface area contributed by atoms with Crippen LogP contribution in [0.1, 0.15) is 45.6 Å². The van der Waals surface area contributed by atoms with Gasteiger partial charge in [0.05, 0.1) is 16.8 Å². The molecule has 6 N–H and O–H groups in total. The first kappa shape index (κ1) is 21.8. The summed E-state index contributed by atoms with van der Waals surface area (Å²) >= 11 is 0. The fourth-order valence-corrected chi connectivity index (χ4v) is 3.07. The Bertz CT molecular complexity index is 908. The highest BCUT2D eigenvalue weighted by atomic mass is 19.4. The van der Waals surface area contributed by atoms with Crippen LogP contribution in [0.25, 0.3) is 0 Å². The lowest BCUT2D eigenvalue weighted by Gasteiger charge is -2.18. The number of halogens is 3. The van der Waals surface area contributed by atoms with Crippen molar-refractivity contribution in [3.63, 3.8) is 0 Å². The third-order valence-electron chi connectivity index (χ3n) is 5.84. The predicted molar refractivity (Wildman–Crippen MR) is 108 cm³/mol. The van der Waals surface area contributed by atoms with Crippen molar-refractivity contribution in [2.24, 2.45) is 27.8 Å². The van der Waals surface area contributed by atoms with Crippen LogP contribution in [0.15, 0.2) is 23.1 Å². The number of hydrogen-bond donors (Lipinski definition) is 4. The number of primary amides is 1. The smallest absolute Gasteiger partial charge is 0.403 e. The largest absolute Gasteiger partial charge is 0.421 e. The van der Waals surface area contributed by atoms with Crippen LogP contribution in [0, 0.1) is 11.3 Å². The number of aliphatic imine (C=N–C) groups is 1. The zero-order valence-electron chi connectivity index (χ0n) is 17.1. The molecule has 30 heavy (non-hydrogen) atoms. The number of aromatic nitrogens is 2. The predicted octanol–water partition coefficient (Wildman–Crippen LogP) is 2.64. The maximum atomic E-state index is 13.3. The van der Waals surface area contributed by atoms with E-state index in [1.807, 2.05) is 6.92 Å². The number of carbonyl (C=O) groups excluding carboxylic acids is 1. The number of anilines is 2. The van der Waals surface area contributed by atoms with Gasteiger partial charge in [-0.25, -0.2) is 4.98 Å². The molecule has 0 aliphatic heterocycles. The van der Waals surface area contributed by atoms with Crippen LogP contribution in [-0.2, 0) is 11.0 Å². The summed E-state index contributed by atoms with van der Waals surface area (Å²) in [6.45, 7) is 5.73. The van der Waals surface area contributed by atoms with Gasteiger partial charge in [-0.05, 0) is 39.0 Å². The van der Waals surface area contributed by atoms with E-state index in [4.69, 9.17) is 11.5 Å². The quantitative estimate of drug-likeness (QED) is 0.474. The molecule has 1 aromatic rings. The van der Waals surface area contributed by atoms with Crippen molar-refractivity contribution in [2.45, 2.75) is 51.7 Å². The molecule has 2 atom stereocenters. The van der Waals surface area contributed by atoms with Crippen molar-refractivity contribution in [1.82, 2.24) is 9.97 Å². The molecule has 164 valence electrons. The van der Waals surface area contributed by atoms with Gasteiger partial charge in [-0.15, -0.1) is 0 Å². The van der Waals surface area contributed by atoms with Crippen LogP contribution in [0.3, 0.4) is 0 Å². The Morgan fingerprint density at radius 3 is 2.57 bits per heavy atom. The number of alkyl halides is 3. The van der Waals surface area contributed by atoms with Crippen molar-refractivity contribution in [3.05, 3.63) is 23.7 Å². The van der Waals surface area contributed by atoms with E-state index in [9.17, 15) is 18.0 Å². The average Bonchev–Trinajstić information content (AvgIpc) is 3.54. The molecule has 0 radical (unpaired) electrons. The molecule has 2 fully saturated rings. The lowest BCUT2D eigenvalue weighted by Crippen LogP contribution is -2.24. The summed E-state index contributed by atoms with van der Waals surface area (Å²) in [5, 5.41) is 5.69. The van der Waals surface area contributed by atoms with Crippen LogP contribution >= 0.6 is 0 Å². The third kappa shape index (κ3) is 4.65. The number of nitrogens with two attached hydrogens (primary N) is 2. The monoisotopic (exact) mass is 425 g/mol. The zero-order valence-corrected chi connectivity index (χ0v) is 17.1. The Morgan fingerprint density at radius 2 is 2.07 bits per heavy atom. The molecule has 3 rings (SSSR count). The van der Waals surface area contributed by atoms with Crippen LogP contribution < -0.4 is 22.1 Å². The van der Waals surface area contributed by atoms with Gasteiger partial charge in [0.2, 0.25) is 11.9 Å². The molecular weight excluding hydrogens is 399 g/mol. The van der Waals surface area contributed by atoms with Crippen molar-refractivity contribution >= 4 is 23.4 Å². The maximum Gasteiger partial charge on any atom is 0.421 e. The molecule has 1 amide bonds. The lowest BCUT2D eigenvalue weighted by atomic mass is 10.1. The number of rotatable bonds is 8. The van der Waals surface area contributed by atoms with Gasteiger partial charge in [0.15, 0.2) is 0 Å². The molecule has 0 bridgehead atoms. The molecule has 2 saturated carbocycles. The maximum absolute atomic E-state index is 13.3. The summed E-state index contributed by atoms with van der Waals surface area (Å²) in [6.07, 6.45) is -0.385. The SMILES string of the molecule is CC(=NC[C@H]1C[C@@]1(C)C(N)=O)/C(=C\N)Nc1ncc(C(F)(F)F)c(NC2(C)CC2)n1. The highest BCUT2D eigenvalue weighted by molar-refractivity contribution is 6.00. The van der Waals surface area contributed by atoms with Gasteiger partial charge >= 0.3 is 6.18 Å². The highest BCUT2D eigenvalue weighted by Crippen LogP contribution is 2.52. The van der Waals surface area contributed by atoms with Crippen LogP contribution in [0.4, 0.5) is 24.9 Å². The number of amides is 1. The minimum atomic E-state index is -4.58. The average molecular weight is 425 g/mol. The van der Waals surface area contributed by atoms with E-state index in [1.165, 1.54) is 6.20 Å². The van der Waals surface area contributed by atoms with E-state index in [1.54, 1.807) is 13.8 Å². The van der Waals surface area contributed by atoms with E-state index in [0.717, 1.165) is 19.0 Å². The number of nitrogens with zero attached hydrogens (tertiary/aromatic N) is 3. The zero-order chi connectivity index (χ0) is 22.3. The van der Waals surface area contributed by atoms with Gasteiger partial charge in [0.25, 0.3) is 0 Å². The van der Waals surface area contributed by atoms with E-state index in [2.05, 4.69) is 25.6 Å². The fraction of sp³-hybridized carbons (Fsp3) is 0.579. The topological polar surface area (TPSA) is 131 Å². The summed E-state index contributed by atoms with van der Waals surface area (Å²) in [6, 6.07) is 0. The molecule has 11 heteroatoms. The second-order valence-electron chi connectivity index (χ2n) is 8.45. The van der Waals surface area contributed by atoms with Gasteiger partial charge in [-0.3, -0.25) is 9.79 Å². The molecule has 1 heterocycles. The van der Waals surface area contributed by atoms with Gasteiger partial charge in [0, 0.05) is 24.5 Å². The minimum Gasteiger partial charge on any atom is -0.403 e. The van der Waals surface area contributed by atoms with E-state index in [0.29, 0.717) is 24.4 Å². The van der Waals surface area contributed by atoms with Crippen LogP contribution in [0.2, 0.25) is 0 Å². The number of carbonyl (C=O) groups is 1. The fourth-order valence-electron chi connectivity index (χ4n) is 3.07. The molecule has 0 spiro atoms.